The molecule has 0 aromatic rings. The molecule has 0 amide bonds. The van der Waals surface area contributed by atoms with Crippen LogP contribution in [0.4, 0.5) is 0 Å². The predicted octanol–water partition coefficient (Wildman–Crippen LogP) is 3.39. The minimum Gasteiger partial charge on any atom is -0.0988 e. The third-order valence-corrected chi connectivity index (χ3v) is 4.27. The van der Waals surface area contributed by atoms with E-state index in [0.29, 0.717) is 10.8 Å². The maximum absolute atomic E-state index is 4.26. The number of hydrogen-bond donors (Lipinski definition) is 0. The van der Waals surface area contributed by atoms with Crippen molar-refractivity contribution in [3.8, 4) is 0 Å². The van der Waals surface area contributed by atoms with E-state index < -0.39 is 0 Å². The molecule has 2 bridgehead atoms. The lowest BCUT2D eigenvalue weighted by molar-refractivity contribution is 0.275. The van der Waals surface area contributed by atoms with E-state index in [9.17, 15) is 0 Å². The van der Waals surface area contributed by atoms with E-state index in [4.69, 9.17) is 0 Å². The van der Waals surface area contributed by atoms with Gasteiger partial charge in [0, 0.05) is 0 Å². The third kappa shape index (κ3) is 0.706. The highest BCUT2D eigenvalue weighted by molar-refractivity contribution is 5.28. The average molecular weight is 150 g/mol. The number of hydrogen-bond acceptors (Lipinski definition) is 0. The predicted molar refractivity (Wildman–Crippen MR) is 48.4 cm³/mol. The zero-order valence-electron chi connectivity index (χ0n) is 7.91. The van der Waals surface area contributed by atoms with Crippen LogP contribution in [0.3, 0.4) is 0 Å². The molecule has 0 spiro atoms. The molecule has 2 saturated carbocycles. The summed E-state index contributed by atoms with van der Waals surface area (Å²) >= 11 is 0. The Morgan fingerprint density at radius 2 is 2.00 bits per heavy atom. The molecule has 0 aliphatic heterocycles. The van der Waals surface area contributed by atoms with Gasteiger partial charge in [-0.25, -0.2) is 0 Å². The van der Waals surface area contributed by atoms with Gasteiger partial charge in [-0.15, -0.1) is 0 Å². The van der Waals surface area contributed by atoms with E-state index >= 15 is 0 Å². The van der Waals surface area contributed by atoms with Gasteiger partial charge in [-0.05, 0) is 36.0 Å². The van der Waals surface area contributed by atoms with Gasteiger partial charge in [0.05, 0.1) is 0 Å². The Bertz CT molecular complexity index is 205. The van der Waals surface area contributed by atoms with Gasteiger partial charge in [0.15, 0.2) is 0 Å². The summed E-state index contributed by atoms with van der Waals surface area (Å²) in [5, 5.41) is 0. The van der Waals surface area contributed by atoms with E-state index in [0.717, 1.165) is 5.92 Å². The minimum absolute atomic E-state index is 0.438. The second-order valence-corrected chi connectivity index (χ2v) is 5.20. The van der Waals surface area contributed by atoms with Crippen LogP contribution in [-0.4, -0.2) is 0 Å². The first kappa shape index (κ1) is 7.39. The smallest absolute Gasteiger partial charge is 0.0111 e. The second kappa shape index (κ2) is 1.73. The van der Waals surface area contributed by atoms with Crippen molar-refractivity contribution in [1.29, 1.82) is 0 Å². The molecule has 0 radical (unpaired) electrons. The molecule has 2 aliphatic rings. The Kier molecular flexibility index (Phi) is 1.16. The van der Waals surface area contributed by atoms with Crippen LogP contribution < -0.4 is 0 Å². The molecule has 2 fully saturated rings. The molecule has 2 atom stereocenters. The summed E-state index contributed by atoms with van der Waals surface area (Å²) < 4.78 is 0. The number of rotatable bonds is 0. The topological polar surface area (TPSA) is 0 Å². The van der Waals surface area contributed by atoms with E-state index in [2.05, 4.69) is 27.4 Å². The summed E-state index contributed by atoms with van der Waals surface area (Å²) in [6, 6.07) is 0. The van der Waals surface area contributed by atoms with Gasteiger partial charge >= 0.3 is 0 Å². The van der Waals surface area contributed by atoms with Crippen LogP contribution in [0, 0.1) is 16.7 Å². The van der Waals surface area contributed by atoms with Crippen LogP contribution in [0.2, 0.25) is 0 Å². The molecular weight excluding hydrogens is 132 g/mol. The molecule has 62 valence electrons. The molecule has 2 rings (SSSR count). The first-order valence-electron chi connectivity index (χ1n) is 4.67. The van der Waals surface area contributed by atoms with E-state index in [1.165, 1.54) is 24.8 Å². The average Bonchev–Trinajstić information content (AvgIpc) is 2.36. The Labute approximate surface area is 69.7 Å². The number of fused-ring (bicyclic) bond motifs is 2. The largest absolute Gasteiger partial charge is 0.0988 e. The first-order valence-corrected chi connectivity index (χ1v) is 4.67. The van der Waals surface area contributed by atoms with Gasteiger partial charge in [0.1, 0.15) is 0 Å². The second-order valence-electron chi connectivity index (χ2n) is 5.20. The SMILES string of the molecule is C=C1C(C)(C)[C@@H]2CC[C@@]1(C)C2. The zero-order chi connectivity index (χ0) is 8.28. The van der Waals surface area contributed by atoms with Crippen molar-refractivity contribution in [3.63, 3.8) is 0 Å². The molecular formula is C11H18. The fourth-order valence-electron chi connectivity index (χ4n) is 3.16. The molecule has 0 saturated heterocycles. The maximum Gasteiger partial charge on any atom is -0.0111 e. The highest BCUT2D eigenvalue weighted by Gasteiger charge is 2.54. The van der Waals surface area contributed by atoms with E-state index in [1.54, 1.807) is 0 Å². The van der Waals surface area contributed by atoms with Gasteiger partial charge < -0.3 is 0 Å². The van der Waals surface area contributed by atoms with Crippen molar-refractivity contribution in [1.82, 2.24) is 0 Å². The van der Waals surface area contributed by atoms with Crippen molar-refractivity contribution in [2.75, 3.05) is 0 Å². The maximum atomic E-state index is 4.26. The normalized spacial score (nSPS) is 46.8. The molecule has 0 aromatic heterocycles. The molecule has 11 heavy (non-hydrogen) atoms. The lowest BCUT2D eigenvalue weighted by Crippen LogP contribution is -2.25. The third-order valence-electron chi connectivity index (χ3n) is 4.27. The van der Waals surface area contributed by atoms with Gasteiger partial charge in [-0.2, -0.15) is 0 Å². The standard InChI is InChI=1S/C11H18/c1-8-10(2,3)9-5-6-11(8,4)7-9/h9H,1,5-7H2,2-4H3/t9-,11+/m1/s1. The van der Waals surface area contributed by atoms with Crippen LogP contribution in [0.15, 0.2) is 12.2 Å². The van der Waals surface area contributed by atoms with Crippen molar-refractivity contribution >= 4 is 0 Å². The molecule has 0 heterocycles. The summed E-state index contributed by atoms with van der Waals surface area (Å²) in [5.74, 6) is 0.931. The van der Waals surface area contributed by atoms with E-state index in [-0.39, 0.29) is 0 Å². The molecule has 0 heteroatoms. The summed E-state index contributed by atoms with van der Waals surface area (Å²) in [6.07, 6.45) is 4.22. The summed E-state index contributed by atoms with van der Waals surface area (Å²) in [7, 11) is 0. The van der Waals surface area contributed by atoms with Crippen molar-refractivity contribution in [2.24, 2.45) is 16.7 Å². The van der Waals surface area contributed by atoms with Crippen LogP contribution in [0.1, 0.15) is 40.0 Å². The fraction of sp³-hybridized carbons (Fsp3) is 0.818. The lowest BCUT2D eigenvalue weighted by Gasteiger charge is -2.36. The highest BCUT2D eigenvalue weighted by Crippen LogP contribution is 2.64. The zero-order valence-corrected chi connectivity index (χ0v) is 7.91. The Morgan fingerprint density at radius 1 is 1.36 bits per heavy atom. The lowest BCUT2D eigenvalue weighted by atomic mass is 9.69. The van der Waals surface area contributed by atoms with Crippen LogP contribution >= 0.6 is 0 Å². The Balaban J connectivity index is 2.42. The quantitative estimate of drug-likeness (QED) is 0.464. The first-order chi connectivity index (χ1) is 4.97. The van der Waals surface area contributed by atoms with Crippen molar-refractivity contribution in [3.05, 3.63) is 12.2 Å². The van der Waals surface area contributed by atoms with Crippen LogP contribution in [-0.2, 0) is 0 Å². The summed E-state index contributed by atoms with van der Waals surface area (Å²) in [5.41, 5.74) is 2.46. The highest BCUT2D eigenvalue weighted by atomic mass is 14.6. The Hall–Kier alpha value is -0.260. The van der Waals surface area contributed by atoms with Crippen LogP contribution in [0.5, 0.6) is 0 Å². The molecule has 0 N–H and O–H groups in total. The molecule has 0 unspecified atom stereocenters. The minimum atomic E-state index is 0.438. The van der Waals surface area contributed by atoms with Gasteiger partial charge in [0.2, 0.25) is 0 Å². The number of allylic oxidation sites excluding steroid dienone is 1. The van der Waals surface area contributed by atoms with Gasteiger partial charge in [-0.1, -0.05) is 32.9 Å². The van der Waals surface area contributed by atoms with Crippen molar-refractivity contribution in [2.45, 2.75) is 40.0 Å². The summed E-state index contributed by atoms with van der Waals surface area (Å²) in [6.45, 7) is 11.4. The van der Waals surface area contributed by atoms with Crippen LogP contribution in [0.25, 0.3) is 0 Å². The van der Waals surface area contributed by atoms with Crippen molar-refractivity contribution < 1.29 is 0 Å². The molecule has 0 aromatic carbocycles. The molecule has 0 nitrogen and oxygen atoms in total. The van der Waals surface area contributed by atoms with Gasteiger partial charge in [-0.3, -0.25) is 0 Å². The monoisotopic (exact) mass is 150 g/mol. The van der Waals surface area contributed by atoms with Gasteiger partial charge in [0.25, 0.3) is 0 Å². The Morgan fingerprint density at radius 3 is 2.27 bits per heavy atom. The fourth-order valence-corrected chi connectivity index (χ4v) is 3.16. The van der Waals surface area contributed by atoms with E-state index in [1.807, 2.05) is 0 Å². The summed E-state index contributed by atoms with van der Waals surface area (Å²) in [4.78, 5) is 0. The molecule has 2 aliphatic carbocycles.